The van der Waals surface area contributed by atoms with Crippen molar-refractivity contribution in [2.75, 3.05) is 25.6 Å². The van der Waals surface area contributed by atoms with Crippen molar-refractivity contribution in [3.63, 3.8) is 0 Å². The van der Waals surface area contributed by atoms with E-state index in [1.807, 2.05) is 23.5 Å². The minimum Gasteiger partial charge on any atom is -1.00 e. The third-order valence-corrected chi connectivity index (χ3v) is 4.95. The summed E-state index contributed by atoms with van der Waals surface area (Å²) >= 11 is 3.95. The molecule has 1 aliphatic heterocycles. The van der Waals surface area contributed by atoms with Crippen LogP contribution in [0.4, 0.5) is 0 Å². The van der Waals surface area contributed by atoms with Gasteiger partial charge in [0.05, 0.1) is 0 Å². The molecule has 0 bridgehead atoms. The number of allylic oxidation sites excluding steroid dienone is 5. The molecule has 1 heterocycles. The smallest absolute Gasteiger partial charge is 0.199 e. The van der Waals surface area contributed by atoms with E-state index in [-0.39, 0.29) is 24.0 Å². The summed E-state index contributed by atoms with van der Waals surface area (Å²) in [4.78, 5) is 0. The summed E-state index contributed by atoms with van der Waals surface area (Å²) in [7, 11) is 4.14. The lowest BCUT2D eigenvalue weighted by Crippen LogP contribution is -3.00. The maximum atomic E-state index is 2.22. The summed E-state index contributed by atoms with van der Waals surface area (Å²) in [6, 6.07) is 0. The Morgan fingerprint density at radius 3 is 2.00 bits per heavy atom. The molecule has 0 radical (unpaired) electrons. The summed E-state index contributed by atoms with van der Waals surface area (Å²) in [5.74, 6) is 2.52. The fourth-order valence-corrected chi connectivity index (χ4v) is 3.85. The van der Waals surface area contributed by atoms with Gasteiger partial charge in [0.2, 0.25) is 0 Å². The quantitative estimate of drug-likeness (QED) is 0.429. The second kappa shape index (κ2) is 6.15. The molecule has 0 aromatic heterocycles. The number of hydrogen-bond acceptors (Lipinski definition) is 2. The molecule has 4 heteroatoms. The van der Waals surface area contributed by atoms with Crippen molar-refractivity contribution in [2.45, 2.75) is 0 Å². The average molecular weight is 351 g/mol. The molecule has 1 nitrogen and oxygen atoms in total. The van der Waals surface area contributed by atoms with Gasteiger partial charge in [-0.1, -0.05) is 0 Å². The van der Waals surface area contributed by atoms with Crippen molar-refractivity contribution in [3.05, 3.63) is 34.1 Å². The van der Waals surface area contributed by atoms with E-state index in [0.29, 0.717) is 0 Å². The second-order valence-electron chi connectivity index (χ2n) is 3.43. The first-order valence-corrected chi connectivity index (χ1v) is 6.65. The van der Waals surface area contributed by atoms with Gasteiger partial charge in [-0.15, -0.1) is 23.5 Å². The molecule has 1 fully saturated rings. The SMILES string of the molecule is C[N+](C)=C1C=CC(=C2SCCS2)C=C1.[I-]. The van der Waals surface area contributed by atoms with E-state index in [0.717, 1.165) is 0 Å². The van der Waals surface area contributed by atoms with E-state index in [4.69, 9.17) is 0 Å². The van der Waals surface area contributed by atoms with Crippen LogP contribution >= 0.6 is 23.5 Å². The highest BCUT2D eigenvalue weighted by Gasteiger charge is 2.13. The molecule has 0 amide bonds. The Morgan fingerprint density at radius 2 is 1.53 bits per heavy atom. The fraction of sp³-hybridized carbons (Fsp3) is 0.364. The molecule has 1 saturated heterocycles. The number of halogens is 1. The normalized spacial score (nSPS) is 19.5. The molecule has 0 N–H and O–H groups in total. The highest BCUT2D eigenvalue weighted by molar-refractivity contribution is 8.25. The lowest BCUT2D eigenvalue weighted by Gasteiger charge is -2.04. The van der Waals surface area contributed by atoms with Crippen LogP contribution in [0.15, 0.2) is 34.1 Å². The molecule has 1 aliphatic carbocycles. The molecule has 0 saturated carbocycles. The van der Waals surface area contributed by atoms with Crippen LogP contribution in [0.5, 0.6) is 0 Å². The Bertz CT molecular complexity index is 337. The first-order chi connectivity index (χ1) is 6.77. The maximum Gasteiger partial charge on any atom is 0.199 e. The van der Waals surface area contributed by atoms with Crippen LogP contribution in [0.1, 0.15) is 0 Å². The zero-order chi connectivity index (χ0) is 9.97. The van der Waals surface area contributed by atoms with Crippen LogP contribution < -0.4 is 24.0 Å². The van der Waals surface area contributed by atoms with Gasteiger partial charge < -0.3 is 24.0 Å². The van der Waals surface area contributed by atoms with E-state index < -0.39 is 0 Å². The molecule has 0 aromatic rings. The van der Waals surface area contributed by atoms with Crippen LogP contribution in [0, 0.1) is 0 Å². The Balaban J connectivity index is 0.00000112. The predicted molar refractivity (Wildman–Crippen MR) is 67.3 cm³/mol. The highest BCUT2D eigenvalue weighted by Crippen LogP contribution is 2.39. The third-order valence-electron chi connectivity index (χ3n) is 2.17. The summed E-state index contributed by atoms with van der Waals surface area (Å²) in [5.41, 5.74) is 2.64. The lowest BCUT2D eigenvalue weighted by molar-refractivity contribution is -0.462. The molecule has 0 unspecified atom stereocenters. The zero-order valence-electron chi connectivity index (χ0n) is 8.87. The number of hydrogen-bond donors (Lipinski definition) is 0. The van der Waals surface area contributed by atoms with Gasteiger partial charge in [0.1, 0.15) is 14.1 Å². The van der Waals surface area contributed by atoms with Crippen molar-refractivity contribution in [1.82, 2.24) is 0 Å². The van der Waals surface area contributed by atoms with E-state index in [9.17, 15) is 0 Å². The van der Waals surface area contributed by atoms with Gasteiger partial charge in [-0.05, 0) is 17.7 Å². The average Bonchev–Trinajstić information content (AvgIpc) is 2.71. The van der Waals surface area contributed by atoms with Crippen LogP contribution in [0.2, 0.25) is 0 Å². The highest BCUT2D eigenvalue weighted by atomic mass is 127. The van der Waals surface area contributed by atoms with E-state index in [1.54, 1.807) is 0 Å². The first-order valence-electron chi connectivity index (χ1n) is 4.67. The van der Waals surface area contributed by atoms with Gasteiger partial charge in [0.25, 0.3) is 0 Å². The number of nitrogens with zero attached hydrogens (tertiary/aromatic N) is 1. The van der Waals surface area contributed by atoms with Crippen molar-refractivity contribution >= 4 is 29.2 Å². The minimum absolute atomic E-state index is 0. The van der Waals surface area contributed by atoms with E-state index >= 15 is 0 Å². The molecule has 0 atom stereocenters. The molecular weight excluding hydrogens is 337 g/mol. The number of rotatable bonds is 0. The van der Waals surface area contributed by atoms with Gasteiger partial charge in [0.15, 0.2) is 5.71 Å². The molecule has 15 heavy (non-hydrogen) atoms. The Kier molecular flexibility index (Phi) is 5.49. The first kappa shape index (κ1) is 13.4. The van der Waals surface area contributed by atoms with Crippen molar-refractivity contribution < 1.29 is 28.6 Å². The molecular formula is C11H14INS2. The monoisotopic (exact) mass is 351 g/mol. The fourth-order valence-electron chi connectivity index (χ4n) is 1.37. The van der Waals surface area contributed by atoms with Gasteiger partial charge >= 0.3 is 0 Å². The standard InChI is InChI=1S/C11H14NS2.HI/c1-12(2)10-5-3-9(4-6-10)11-13-7-8-14-11;/h3-6H,7-8H2,1-2H3;1H/q+1;/p-1. The van der Waals surface area contributed by atoms with Crippen molar-refractivity contribution in [2.24, 2.45) is 0 Å². The van der Waals surface area contributed by atoms with Crippen LogP contribution in [-0.4, -0.2) is 35.9 Å². The Hall–Kier alpha value is 0.320. The Labute approximate surface area is 117 Å². The van der Waals surface area contributed by atoms with Crippen LogP contribution in [0.3, 0.4) is 0 Å². The molecule has 0 spiro atoms. The summed E-state index contributed by atoms with van der Waals surface area (Å²) in [6.45, 7) is 0. The van der Waals surface area contributed by atoms with Crippen LogP contribution in [-0.2, 0) is 0 Å². The lowest BCUT2D eigenvalue weighted by atomic mass is 10.1. The topological polar surface area (TPSA) is 3.01 Å². The predicted octanol–water partition coefficient (Wildman–Crippen LogP) is -0.479. The van der Waals surface area contributed by atoms with Crippen molar-refractivity contribution in [3.8, 4) is 0 Å². The third kappa shape index (κ3) is 3.39. The Morgan fingerprint density at radius 1 is 1.00 bits per heavy atom. The van der Waals surface area contributed by atoms with Crippen LogP contribution in [0.25, 0.3) is 0 Å². The van der Waals surface area contributed by atoms with E-state index in [2.05, 4.69) is 43.0 Å². The van der Waals surface area contributed by atoms with Gasteiger partial charge in [-0.2, -0.15) is 0 Å². The van der Waals surface area contributed by atoms with Crippen molar-refractivity contribution in [1.29, 1.82) is 0 Å². The molecule has 82 valence electrons. The second-order valence-corrected chi connectivity index (χ2v) is 5.89. The van der Waals surface area contributed by atoms with Gasteiger partial charge in [-0.3, -0.25) is 0 Å². The zero-order valence-corrected chi connectivity index (χ0v) is 12.7. The maximum absolute atomic E-state index is 2.22. The molecule has 0 aromatic carbocycles. The summed E-state index contributed by atoms with van der Waals surface area (Å²) in [6.07, 6.45) is 8.80. The van der Waals surface area contributed by atoms with E-state index in [1.165, 1.54) is 27.0 Å². The van der Waals surface area contributed by atoms with Gasteiger partial charge in [-0.25, -0.2) is 4.58 Å². The molecule has 2 rings (SSSR count). The molecule has 2 aliphatic rings. The summed E-state index contributed by atoms with van der Waals surface area (Å²) in [5, 5.41) is 0. The minimum atomic E-state index is 0. The summed E-state index contributed by atoms with van der Waals surface area (Å²) < 4.78 is 3.61. The largest absolute Gasteiger partial charge is 1.00 e. The number of thioether (sulfide) groups is 2. The van der Waals surface area contributed by atoms with Gasteiger partial charge in [0, 0.05) is 27.9 Å².